The number of anilines is 1. The van der Waals surface area contributed by atoms with Gasteiger partial charge in [-0.3, -0.25) is 4.90 Å². The standard InChI is InChI=1S/C15H23N3O2/c1-13-5-2-3-6-14(13)17-15(19)16-7-4-8-18-9-11-20-12-10-18/h2-3,5-6H,4,7-12H2,1H3,(H2,16,17,19). The Hall–Kier alpha value is -1.59. The van der Waals surface area contributed by atoms with E-state index >= 15 is 0 Å². The molecule has 2 rings (SSSR count). The summed E-state index contributed by atoms with van der Waals surface area (Å²) in [4.78, 5) is 14.1. The second kappa shape index (κ2) is 7.87. The van der Waals surface area contributed by atoms with Crippen LogP contribution >= 0.6 is 0 Å². The van der Waals surface area contributed by atoms with Crippen LogP contribution in [0.5, 0.6) is 0 Å². The molecule has 1 fully saturated rings. The van der Waals surface area contributed by atoms with Gasteiger partial charge in [-0.1, -0.05) is 18.2 Å². The lowest BCUT2D eigenvalue weighted by Crippen LogP contribution is -2.38. The van der Waals surface area contributed by atoms with Crippen molar-refractivity contribution in [3.8, 4) is 0 Å². The quantitative estimate of drug-likeness (QED) is 0.808. The number of amides is 2. The summed E-state index contributed by atoms with van der Waals surface area (Å²) in [6.07, 6.45) is 0.960. The van der Waals surface area contributed by atoms with Crippen molar-refractivity contribution in [1.82, 2.24) is 10.2 Å². The zero-order valence-electron chi connectivity index (χ0n) is 12.0. The molecule has 0 aliphatic carbocycles. The summed E-state index contributed by atoms with van der Waals surface area (Å²) < 4.78 is 5.30. The Morgan fingerprint density at radius 1 is 1.30 bits per heavy atom. The minimum absolute atomic E-state index is 0.138. The Morgan fingerprint density at radius 2 is 2.05 bits per heavy atom. The van der Waals surface area contributed by atoms with Gasteiger partial charge >= 0.3 is 6.03 Å². The predicted octanol–water partition coefficient (Wildman–Crippen LogP) is 1.84. The topological polar surface area (TPSA) is 53.6 Å². The normalized spacial score (nSPS) is 15.8. The van der Waals surface area contributed by atoms with E-state index in [4.69, 9.17) is 4.74 Å². The lowest BCUT2D eigenvalue weighted by molar-refractivity contribution is 0.0375. The number of urea groups is 1. The summed E-state index contributed by atoms with van der Waals surface area (Å²) in [5, 5.41) is 5.75. The van der Waals surface area contributed by atoms with E-state index in [1.807, 2.05) is 31.2 Å². The van der Waals surface area contributed by atoms with Crippen molar-refractivity contribution >= 4 is 11.7 Å². The number of carbonyl (C=O) groups excluding carboxylic acids is 1. The second-order valence-electron chi connectivity index (χ2n) is 5.00. The number of benzene rings is 1. The molecule has 5 heteroatoms. The molecular formula is C15H23N3O2. The lowest BCUT2D eigenvalue weighted by atomic mass is 10.2. The van der Waals surface area contributed by atoms with E-state index < -0.39 is 0 Å². The van der Waals surface area contributed by atoms with E-state index in [9.17, 15) is 4.79 Å². The minimum Gasteiger partial charge on any atom is -0.379 e. The number of aryl methyl sites for hydroxylation is 1. The first kappa shape index (κ1) is 14.8. The van der Waals surface area contributed by atoms with Crippen LogP contribution in [-0.2, 0) is 4.74 Å². The fraction of sp³-hybridized carbons (Fsp3) is 0.533. The van der Waals surface area contributed by atoms with Crippen molar-refractivity contribution in [2.45, 2.75) is 13.3 Å². The average molecular weight is 277 g/mol. The van der Waals surface area contributed by atoms with Gasteiger partial charge in [0.15, 0.2) is 0 Å². The molecule has 0 aromatic heterocycles. The SMILES string of the molecule is Cc1ccccc1NC(=O)NCCCN1CCOCC1. The van der Waals surface area contributed by atoms with Crippen LogP contribution in [0, 0.1) is 6.92 Å². The van der Waals surface area contributed by atoms with Crippen molar-refractivity contribution in [2.24, 2.45) is 0 Å². The van der Waals surface area contributed by atoms with Crippen LogP contribution in [0.3, 0.4) is 0 Å². The molecule has 2 N–H and O–H groups in total. The van der Waals surface area contributed by atoms with Gasteiger partial charge in [0.1, 0.15) is 0 Å². The van der Waals surface area contributed by atoms with Crippen LogP contribution in [-0.4, -0.2) is 50.3 Å². The number of ether oxygens (including phenoxy) is 1. The van der Waals surface area contributed by atoms with Crippen molar-refractivity contribution in [2.75, 3.05) is 44.7 Å². The van der Waals surface area contributed by atoms with E-state index in [1.54, 1.807) is 0 Å². The van der Waals surface area contributed by atoms with Gasteiger partial charge in [-0.15, -0.1) is 0 Å². The summed E-state index contributed by atoms with van der Waals surface area (Å²) in [5.41, 5.74) is 1.93. The van der Waals surface area contributed by atoms with Gasteiger partial charge in [0.25, 0.3) is 0 Å². The Morgan fingerprint density at radius 3 is 2.80 bits per heavy atom. The second-order valence-corrected chi connectivity index (χ2v) is 5.00. The summed E-state index contributed by atoms with van der Waals surface area (Å²) in [6.45, 7) is 7.31. The highest BCUT2D eigenvalue weighted by Crippen LogP contribution is 2.12. The van der Waals surface area contributed by atoms with Gasteiger partial charge in [-0.2, -0.15) is 0 Å². The highest BCUT2D eigenvalue weighted by Gasteiger charge is 2.09. The average Bonchev–Trinajstić information content (AvgIpc) is 2.47. The molecule has 1 aromatic carbocycles. The molecular weight excluding hydrogens is 254 g/mol. The molecule has 1 aromatic rings. The van der Waals surface area contributed by atoms with Crippen molar-refractivity contribution in [3.05, 3.63) is 29.8 Å². The third kappa shape index (κ3) is 4.83. The molecule has 0 radical (unpaired) electrons. The Bertz CT molecular complexity index is 431. The molecule has 0 saturated carbocycles. The monoisotopic (exact) mass is 277 g/mol. The highest BCUT2D eigenvalue weighted by molar-refractivity contribution is 5.89. The van der Waals surface area contributed by atoms with Gasteiger partial charge in [0.05, 0.1) is 13.2 Å². The number of rotatable bonds is 5. The van der Waals surface area contributed by atoms with Crippen LogP contribution in [0.2, 0.25) is 0 Å². The van der Waals surface area contributed by atoms with E-state index in [1.165, 1.54) is 0 Å². The number of para-hydroxylation sites is 1. The molecule has 0 spiro atoms. The smallest absolute Gasteiger partial charge is 0.319 e. The van der Waals surface area contributed by atoms with Crippen LogP contribution < -0.4 is 10.6 Å². The first-order valence-electron chi connectivity index (χ1n) is 7.16. The van der Waals surface area contributed by atoms with Gasteiger partial charge in [0.2, 0.25) is 0 Å². The summed E-state index contributed by atoms with van der Waals surface area (Å²) in [5.74, 6) is 0. The molecule has 110 valence electrons. The molecule has 1 aliphatic rings. The molecule has 0 unspecified atom stereocenters. The fourth-order valence-corrected chi connectivity index (χ4v) is 2.21. The third-order valence-corrected chi connectivity index (χ3v) is 3.43. The number of morpholine rings is 1. The molecule has 1 heterocycles. The number of nitrogens with one attached hydrogen (secondary N) is 2. The Labute approximate surface area is 120 Å². The van der Waals surface area contributed by atoms with E-state index in [0.717, 1.165) is 50.5 Å². The van der Waals surface area contributed by atoms with Crippen molar-refractivity contribution in [1.29, 1.82) is 0 Å². The molecule has 0 bridgehead atoms. The number of hydrogen-bond acceptors (Lipinski definition) is 3. The van der Waals surface area contributed by atoms with Crippen LogP contribution in [0.4, 0.5) is 10.5 Å². The zero-order chi connectivity index (χ0) is 14.2. The molecule has 0 atom stereocenters. The maximum Gasteiger partial charge on any atom is 0.319 e. The first-order chi connectivity index (χ1) is 9.75. The zero-order valence-corrected chi connectivity index (χ0v) is 12.0. The van der Waals surface area contributed by atoms with Crippen molar-refractivity contribution in [3.63, 3.8) is 0 Å². The Kier molecular flexibility index (Phi) is 5.83. The summed E-state index contributed by atoms with van der Waals surface area (Å²) >= 11 is 0. The van der Waals surface area contributed by atoms with Crippen LogP contribution in [0.1, 0.15) is 12.0 Å². The molecule has 2 amide bonds. The fourth-order valence-electron chi connectivity index (χ4n) is 2.21. The lowest BCUT2D eigenvalue weighted by Gasteiger charge is -2.26. The molecule has 20 heavy (non-hydrogen) atoms. The third-order valence-electron chi connectivity index (χ3n) is 3.43. The molecule has 5 nitrogen and oxygen atoms in total. The summed E-state index contributed by atoms with van der Waals surface area (Å²) in [7, 11) is 0. The van der Waals surface area contributed by atoms with E-state index in [2.05, 4.69) is 15.5 Å². The van der Waals surface area contributed by atoms with Gasteiger partial charge < -0.3 is 15.4 Å². The largest absolute Gasteiger partial charge is 0.379 e. The van der Waals surface area contributed by atoms with Gasteiger partial charge in [0, 0.05) is 25.3 Å². The van der Waals surface area contributed by atoms with Crippen LogP contribution in [0.25, 0.3) is 0 Å². The summed E-state index contributed by atoms with van der Waals surface area (Å²) in [6, 6.07) is 7.62. The number of nitrogens with zero attached hydrogens (tertiary/aromatic N) is 1. The van der Waals surface area contributed by atoms with Gasteiger partial charge in [-0.05, 0) is 31.5 Å². The number of hydrogen-bond donors (Lipinski definition) is 2. The van der Waals surface area contributed by atoms with Crippen molar-refractivity contribution < 1.29 is 9.53 Å². The predicted molar refractivity (Wildman–Crippen MR) is 80.1 cm³/mol. The molecule has 1 aliphatic heterocycles. The first-order valence-corrected chi connectivity index (χ1v) is 7.16. The molecule has 1 saturated heterocycles. The maximum atomic E-state index is 11.8. The maximum absolute atomic E-state index is 11.8. The number of carbonyl (C=O) groups is 1. The Balaban J connectivity index is 1.61. The van der Waals surface area contributed by atoms with E-state index in [0.29, 0.717) is 6.54 Å². The highest BCUT2D eigenvalue weighted by atomic mass is 16.5. The van der Waals surface area contributed by atoms with Crippen LogP contribution in [0.15, 0.2) is 24.3 Å². The van der Waals surface area contributed by atoms with Gasteiger partial charge in [-0.25, -0.2) is 4.79 Å². The minimum atomic E-state index is -0.138. The van der Waals surface area contributed by atoms with E-state index in [-0.39, 0.29) is 6.03 Å².